The molecular weight excluding hydrogens is 340 g/mol. The second kappa shape index (κ2) is 10.5. The Balaban J connectivity index is 1.66. The summed E-state index contributed by atoms with van der Waals surface area (Å²) >= 11 is 1.22. The van der Waals surface area contributed by atoms with Crippen molar-refractivity contribution >= 4 is 24.0 Å². The van der Waals surface area contributed by atoms with Gasteiger partial charge in [0.15, 0.2) is 0 Å². The molecule has 7 heteroatoms. The summed E-state index contributed by atoms with van der Waals surface area (Å²) in [5, 5.41) is 10.6. The Morgan fingerprint density at radius 2 is 1.96 bits per heavy atom. The molecule has 138 valence electrons. The van der Waals surface area contributed by atoms with Gasteiger partial charge in [-0.15, -0.1) is 0 Å². The van der Waals surface area contributed by atoms with Crippen LogP contribution in [0.4, 0.5) is 0 Å². The number of hydrogen-bond donors (Lipinski definition) is 2. The van der Waals surface area contributed by atoms with E-state index < -0.39 is 0 Å². The summed E-state index contributed by atoms with van der Waals surface area (Å²) in [6, 6.07) is 8.42. The molecule has 0 saturated carbocycles. The Labute approximate surface area is 153 Å². The molecule has 1 aromatic rings. The number of hydrogen-bond acceptors (Lipinski definition) is 6. The molecule has 0 bridgehead atoms. The van der Waals surface area contributed by atoms with E-state index >= 15 is 0 Å². The van der Waals surface area contributed by atoms with Gasteiger partial charge in [-0.05, 0) is 41.2 Å². The minimum atomic E-state index is -0.334. The average Bonchev–Trinajstić information content (AvgIpc) is 3.05. The Morgan fingerprint density at radius 3 is 2.64 bits per heavy atom. The number of nitrogens with one attached hydrogen (secondary N) is 1. The predicted molar refractivity (Wildman–Crippen MR) is 98.0 cm³/mol. The molecule has 25 heavy (non-hydrogen) atoms. The third-order valence-corrected chi connectivity index (χ3v) is 4.50. The van der Waals surface area contributed by atoms with E-state index in [4.69, 9.17) is 14.3 Å². The van der Waals surface area contributed by atoms with E-state index in [1.165, 1.54) is 22.8 Å². The van der Waals surface area contributed by atoms with E-state index in [0.717, 1.165) is 36.3 Å². The molecule has 1 heterocycles. The van der Waals surface area contributed by atoms with Gasteiger partial charge in [0.1, 0.15) is 0 Å². The monoisotopic (exact) mass is 366 g/mol. The van der Waals surface area contributed by atoms with Crippen LogP contribution in [0.2, 0.25) is 0 Å². The predicted octanol–water partition coefficient (Wildman–Crippen LogP) is 4.39. The van der Waals surface area contributed by atoms with Gasteiger partial charge >= 0.3 is 0 Å². The highest BCUT2D eigenvalue weighted by Crippen LogP contribution is 2.31. The van der Waals surface area contributed by atoms with Crippen LogP contribution in [0.3, 0.4) is 0 Å². The van der Waals surface area contributed by atoms with Crippen molar-refractivity contribution < 1.29 is 19.1 Å². The van der Waals surface area contributed by atoms with E-state index in [-0.39, 0.29) is 5.91 Å². The third-order valence-electron chi connectivity index (χ3n) is 3.90. The van der Waals surface area contributed by atoms with Crippen molar-refractivity contribution in [3.63, 3.8) is 0 Å². The van der Waals surface area contributed by atoms with Crippen molar-refractivity contribution in [2.45, 2.75) is 51.9 Å². The molecule has 0 unspecified atom stereocenters. The number of benzene rings is 1. The highest BCUT2D eigenvalue weighted by Gasteiger charge is 2.20. The molecule has 1 amide bonds. The maximum atomic E-state index is 10.9. The first kappa shape index (κ1) is 19.8. The first-order chi connectivity index (χ1) is 12.1. The lowest BCUT2D eigenvalue weighted by atomic mass is 10.0. The summed E-state index contributed by atoms with van der Waals surface area (Å²) in [5.41, 5.74) is 4.04. The standard InChI is InChI=1S/C18H26N2O4S/c1-14(2)16-10-8-15(9-11-16)13-18-23-20(24-25-18)12-6-4-3-5-7-17(21)19-22/h8-11,13-14,22H,3-7,12H2,1-2H3,(H,19,21). The fraction of sp³-hybridized carbons (Fsp3) is 0.500. The van der Waals surface area contributed by atoms with Crippen molar-refractivity contribution in [3.8, 4) is 0 Å². The smallest absolute Gasteiger partial charge is 0.243 e. The van der Waals surface area contributed by atoms with Crippen LogP contribution < -0.4 is 5.48 Å². The van der Waals surface area contributed by atoms with Crippen molar-refractivity contribution in [3.05, 3.63) is 40.5 Å². The van der Waals surface area contributed by atoms with Gasteiger partial charge in [-0.2, -0.15) is 4.28 Å². The molecule has 1 aliphatic rings. The summed E-state index contributed by atoms with van der Waals surface area (Å²) < 4.78 is 5.42. The topological polar surface area (TPSA) is 71.0 Å². The maximum absolute atomic E-state index is 10.9. The lowest BCUT2D eigenvalue weighted by molar-refractivity contribution is -0.259. The lowest BCUT2D eigenvalue weighted by Gasteiger charge is -2.10. The summed E-state index contributed by atoms with van der Waals surface area (Å²) in [5.74, 6) is 0.189. The van der Waals surface area contributed by atoms with Gasteiger partial charge in [0.2, 0.25) is 11.0 Å². The number of amides is 1. The van der Waals surface area contributed by atoms with Gasteiger partial charge in [0, 0.05) is 6.42 Å². The van der Waals surface area contributed by atoms with E-state index in [0.29, 0.717) is 18.9 Å². The Morgan fingerprint density at radius 1 is 1.24 bits per heavy atom. The first-order valence-corrected chi connectivity index (χ1v) is 9.37. The van der Waals surface area contributed by atoms with E-state index in [9.17, 15) is 4.79 Å². The van der Waals surface area contributed by atoms with Crippen LogP contribution in [0.15, 0.2) is 29.4 Å². The minimum Gasteiger partial charge on any atom is -0.370 e. The molecule has 1 fully saturated rings. The second-order valence-electron chi connectivity index (χ2n) is 6.29. The van der Waals surface area contributed by atoms with Gasteiger partial charge in [-0.3, -0.25) is 10.0 Å². The van der Waals surface area contributed by atoms with Gasteiger partial charge < -0.3 is 4.84 Å². The largest absolute Gasteiger partial charge is 0.370 e. The molecule has 1 aromatic carbocycles. The van der Waals surface area contributed by atoms with E-state index in [2.05, 4.69) is 38.1 Å². The minimum absolute atomic E-state index is 0.334. The third kappa shape index (κ3) is 7.07. The first-order valence-electron chi connectivity index (χ1n) is 8.63. The Kier molecular flexibility index (Phi) is 8.27. The van der Waals surface area contributed by atoms with Crippen LogP contribution in [-0.2, 0) is 13.9 Å². The molecule has 0 spiro atoms. The zero-order valence-electron chi connectivity index (χ0n) is 14.7. The van der Waals surface area contributed by atoms with Crippen LogP contribution in [0.5, 0.6) is 0 Å². The Bertz CT molecular complexity index is 575. The fourth-order valence-electron chi connectivity index (χ4n) is 2.39. The molecular formula is C18H26N2O4S. The summed E-state index contributed by atoms with van der Waals surface area (Å²) in [6.07, 6.45) is 5.90. The zero-order chi connectivity index (χ0) is 18.1. The molecule has 2 rings (SSSR count). The molecule has 0 radical (unpaired) electrons. The quantitative estimate of drug-likeness (QED) is 0.292. The van der Waals surface area contributed by atoms with Gasteiger partial charge in [-0.1, -0.05) is 51.0 Å². The highest BCUT2D eigenvalue weighted by atomic mass is 32.2. The molecule has 2 N–H and O–H groups in total. The van der Waals surface area contributed by atoms with Crippen molar-refractivity contribution in [1.29, 1.82) is 0 Å². The summed E-state index contributed by atoms with van der Waals surface area (Å²) in [7, 11) is 0. The molecule has 0 aromatic heterocycles. The van der Waals surface area contributed by atoms with Crippen molar-refractivity contribution in [1.82, 2.24) is 10.7 Å². The van der Waals surface area contributed by atoms with Gasteiger partial charge in [0.05, 0.1) is 18.6 Å². The number of nitrogens with zero attached hydrogens (tertiary/aromatic N) is 1. The molecule has 6 nitrogen and oxygen atoms in total. The molecule has 1 aliphatic heterocycles. The Hall–Kier alpha value is -1.54. The number of rotatable bonds is 9. The number of hydroxylamine groups is 3. The van der Waals surface area contributed by atoms with E-state index in [1.54, 1.807) is 5.48 Å². The maximum Gasteiger partial charge on any atom is 0.243 e. The van der Waals surface area contributed by atoms with Crippen LogP contribution >= 0.6 is 12.0 Å². The van der Waals surface area contributed by atoms with Crippen molar-refractivity contribution in [2.24, 2.45) is 0 Å². The second-order valence-corrected chi connectivity index (χ2v) is 7.01. The van der Waals surface area contributed by atoms with Gasteiger partial charge in [0.25, 0.3) is 0 Å². The number of carbonyl (C=O) groups excluding carboxylic acids is 1. The fourth-order valence-corrected chi connectivity index (χ4v) is 2.95. The van der Waals surface area contributed by atoms with Gasteiger partial charge in [-0.25, -0.2) is 5.48 Å². The normalized spacial score (nSPS) is 16.4. The summed E-state index contributed by atoms with van der Waals surface area (Å²) in [4.78, 5) is 16.5. The van der Waals surface area contributed by atoms with Crippen molar-refractivity contribution in [2.75, 3.05) is 6.54 Å². The van der Waals surface area contributed by atoms with Crippen LogP contribution in [0.1, 0.15) is 63.0 Å². The highest BCUT2D eigenvalue weighted by molar-refractivity contribution is 7.98. The number of carbonyl (C=O) groups is 1. The molecule has 0 atom stereocenters. The molecule has 1 saturated heterocycles. The SMILES string of the molecule is CC(C)c1ccc(C=C2ON(CCCCCCC(=O)NO)OS2)cc1. The number of unbranched alkanes of at least 4 members (excludes halogenated alkanes) is 3. The average molecular weight is 366 g/mol. The zero-order valence-corrected chi connectivity index (χ0v) is 15.6. The molecule has 0 aliphatic carbocycles. The lowest BCUT2D eigenvalue weighted by Crippen LogP contribution is -2.18. The van der Waals surface area contributed by atoms with Crippen LogP contribution in [-0.4, -0.2) is 22.9 Å². The summed E-state index contributed by atoms with van der Waals surface area (Å²) in [6.45, 7) is 5.02. The van der Waals surface area contributed by atoms with Crippen LogP contribution in [0, 0.1) is 0 Å². The van der Waals surface area contributed by atoms with E-state index in [1.807, 2.05) is 6.08 Å². The van der Waals surface area contributed by atoms with Crippen LogP contribution in [0.25, 0.3) is 6.08 Å².